The molecule has 0 N–H and O–H groups in total. The van der Waals surface area contributed by atoms with Gasteiger partial charge in [-0.15, -0.1) is 6.58 Å². The molecule has 8 nitrogen and oxygen atoms in total. The Labute approximate surface area is 187 Å². The van der Waals surface area contributed by atoms with Gasteiger partial charge in [0.2, 0.25) is 5.91 Å². The van der Waals surface area contributed by atoms with Crippen molar-refractivity contribution < 1.29 is 33.3 Å². The summed E-state index contributed by atoms with van der Waals surface area (Å²) < 4.78 is 20.9. The van der Waals surface area contributed by atoms with Gasteiger partial charge in [-0.1, -0.05) is 29.9 Å². The Morgan fingerprint density at radius 2 is 1.72 bits per heavy atom. The molecular weight excluding hydrogens is 414 g/mol. The van der Waals surface area contributed by atoms with Gasteiger partial charge in [-0.05, 0) is 19.4 Å². The van der Waals surface area contributed by atoms with Crippen molar-refractivity contribution in [2.75, 3.05) is 28.4 Å². The summed E-state index contributed by atoms with van der Waals surface area (Å²) in [6, 6.07) is -0.415. The van der Waals surface area contributed by atoms with Gasteiger partial charge in [0.15, 0.2) is 5.41 Å². The second-order valence-electron chi connectivity index (χ2n) is 8.02. The number of rotatable bonds is 6. The van der Waals surface area contributed by atoms with Crippen LogP contribution in [0.1, 0.15) is 13.3 Å². The van der Waals surface area contributed by atoms with E-state index in [1.54, 1.807) is 38.3 Å². The van der Waals surface area contributed by atoms with Crippen LogP contribution in [0.5, 0.6) is 0 Å². The minimum atomic E-state index is -1.66. The summed E-state index contributed by atoms with van der Waals surface area (Å²) in [4.78, 5) is 40.4. The molecule has 1 amide bonds. The van der Waals surface area contributed by atoms with Gasteiger partial charge in [0, 0.05) is 12.1 Å². The Morgan fingerprint density at radius 1 is 1.09 bits per heavy atom. The van der Waals surface area contributed by atoms with Crippen molar-refractivity contribution in [2.24, 2.45) is 23.2 Å². The molecule has 4 atom stereocenters. The van der Waals surface area contributed by atoms with E-state index in [-0.39, 0.29) is 24.2 Å². The number of fused-ring (bicyclic) bond motifs is 1. The lowest BCUT2D eigenvalue weighted by molar-refractivity contribution is -0.165. The highest BCUT2D eigenvalue weighted by molar-refractivity contribution is 6.04. The van der Waals surface area contributed by atoms with Gasteiger partial charge < -0.3 is 23.8 Å². The number of carbonyl (C=O) groups is 3. The average molecular weight is 443 g/mol. The highest BCUT2D eigenvalue weighted by atomic mass is 16.5. The molecule has 0 fully saturated rings. The molecule has 1 aliphatic heterocycles. The fourth-order valence-electron chi connectivity index (χ4n) is 4.90. The van der Waals surface area contributed by atoms with E-state index in [0.717, 1.165) is 0 Å². The topological polar surface area (TPSA) is 91.4 Å². The van der Waals surface area contributed by atoms with E-state index in [0.29, 0.717) is 17.1 Å². The van der Waals surface area contributed by atoms with Crippen molar-refractivity contribution in [3.05, 3.63) is 60.3 Å². The first-order valence-corrected chi connectivity index (χ1v) is 10.3. The SMILES string of the molecule is C=C[C@H]1C2C(OC)=CC=CC2C(OC)=CN1C(=O)[C@@H]1CC(C(=O)OC)(C(=O)OC)C=C1C. The number of esters is 2. The summed E-state index contributed by atoms with van der Waals surface area (Å²) in [5.41, 5.74) is -1.07. The van der Waals surface area contributed by atoms with Crippen LogP contribution in [0.2, 0.25) is 0 Å². The molecule has 3 aliphatic rings. The minimum absolute atomic E-state index is 0.0749. The number of methoxy groups -OCH3 is 4. The largest absolute Gasteiger partial charge is 0.501 e. The second-order valence-corrected chi connectivity index (χ2v) is 8.02. The molecule has 2 unspecified atom stereocenters. The van der Waals surface area contributed by atoms with Crippen LogP contribution in [0.15, 0.2) is 60.3 Å². The predicted octanol–water partition coefficient (Wildman–Crippen LogP) is 2.50. The Morgan fingerprint density at radius 3 is 2.25 bits per heavy atom. The third-order valence-electron chi connectivity index (χ3n) is 6.49. The molecule has 0 radical (unpaired) electrons. The summed E-state index contributed by atoms with van der Waals surface area (Å²) in [5, 5.41) is 0. The van der Waals surface area contributed by atoms with Gasteiger partial charge in [-0.25, -0.2) is 0 Å². The number of allylic oxidation sites excluding steroid dienone is 3. The first-order valence-electron chi connectivity index (χ1n) is 10.3. The third-order valence-corrected chi connectivity index (χ3v) is 6.49. The predicted molar refractivity (Wildman–Crippen MR) is 115 cm³/mol. The van der Waals surface area contributed by atoms with Crippen LogP contribution in [0.4, 0.5) is 0 Å². The molecule has 172 valence electrons. The number of hydrogen-bond donors (Lipinski definition) is 0. The quantitative estimate of drug-likeness (QED) is 0.354. The highest BCUT2D eigenvalue weighted by Crippen LogP contribution is 2.46. The molecule has 32 heavy (non-hydrogen) atoms. The van der Waals surface area contributed by atoms with Crippen molar-refractivity contribution in [1.29, 1.82) is 0 Å². The Balaban J connectivity index is 2.01. The van der Waals surface area contributed by atoms with Crippen LogP contribution < -0.4 is 0 Å². The first kappa shape index (κ1) is 23.4. The van der Waals surface area contributed by atoms with E-state index < -0.39 is 29.3 Å². The molecule has 2 aliphatic carbocycles. The average Bonchev–Trinajstić information content (AvgIpc) is 3.19. The van der Waals surface area contributed by atoms with Gasteiger partial charge in [0.25, 0.3) is 0 Å². The molecule has 3 rings (SSSR count). The van der Waals surface area contributed by atoms with E-state index in [9.17, 15) is 14.4 Å². The van der Waals surface area contributed by atoms with Crippen LogP contribution in [0, 0.1) is 23.2 Å². The van der Waals surface area contributed by atoms with Crippen LogP contribution in [0.3, 0.4) is 0 Å². The van der Waals surface area contributed by atoms with E-state index in [2.05, 4.69) is 6.58 Å². The summed E-state index contributed by atoms with van der Waals surface area (Å²) in [6.45, 7) is 5.67. The molecule has 0 aromatic heterocycles. The van der Waals surface area contributed by atoms with Crippen molar-refractivity contribution in [3.63, 3.8) is 0 Å². The van der Waals surface area contributed by atoms with Gasteiger partial charge in [-0.3, -0.25) is 14.4 Å². The molecule has 0 aromatic rings. The molecule has 8 heteroatoms. The van der Waals surface area contributed by atoms with Crippen LogP contribution in [-0.4, -0.2) is 57.2 Å². The summed E-state index contributed by atoms with van der Waals surface area (Å²) in [5.74, 6) is -1.54. The number of nitrogens with zero attached hydrogens (tertiary/aromatic N) is 1. The van der Waals surface area contributed by atoms with Gasteiger partial charge in [0.1, 0.15) is 11.5 Å². The standard InChI is InChI=1S/C24H29NO7/c1-7-17-20-15(9-8-10-18(20)29-3)19(30-4)13-25(17)21(26)16-12-24(11-14(16)2,22(27)31-5)23(28)32-6/h7-11,13,15-17,20H,1,12H2,2-6H3/t15?,16-,17+,20?/m1/s1. The number of carbonyl (C=O) groups excluding carboxylic acids is 3. The third kappa shape index (κ3) is 3.53. The van der Waals surface area contributed by atoms with E-state index >= 15 is 0 Å². The van der Waals surface area contributed by atoms with Crippen LogP contribution >= 0.6 is 0 Å². The molecule has 1 heterocycles. The number of amides is 1. The van der Waals surface area contributed by atoms with E-state index in [4.69, 9.17) is 18.9 Å². The van der Waals surface area contributed by atoms with Crippen molar-refractivity contribution in [2.45, 2.75) is 19.4 Å². The molecule has 0 saturated carbocycles. The van der Waals surface area contributed by atoms with Gasteiger partial charge >= 0.3 is 11.9 Å². The lowest BCUT2D eigenvalue weighted by Gasteiger charge is -2.43. The monoisotopic (exact) mass is 443 g/mol. The second kappa shape index (κ2) is 9.06. The molecule has 0 bridgehead atoms. The molecule has 0 aromatic carbocycles. The van der Waals surface area contributed by atoms with Gasteiger partial charge in [0.05, 0.1) is 46.3 Å². The Hall–Kier alpha value is -3.29. The Kier molecular flexibility index (Phi) is 6.62. The lowest BCUT2D eigenvalue weighted by atomic mass is 9.76. The minimum Gasteiger partial charge on any atom is -0.501 e. The molecule has 0 saturated heterocycles. The zero-order valence-corrected chi connectivity index (χ0v) is 19.0. The summed E-state index contributed by atoms with van der Waals surface area (Å²) in [7, 11) is 5.54. The van der Waals surface area contributed by atoms with E-state index in [1.807, 2.05) is 18.2 Å². The highest BCUT2D eigenvalue weighted by Gasteiger charge is 2.55. The van der Waals surface area contributed by atoms with Crippen LogP contribution in [-0.2, 0) is 33.3 Å². The zero-order chi connectivity index (χ0) is 23.6. The normalized spacial score (nSPS) is 27.9. The maximum Gasteiger partial charge on any atom is 0.327 e. The maximum atomic E-state index is 13.8. The molecular formula is C24H29NO7. The fourth-order valence-corrected chi connectivity index (χ4v) is 4.90. The summed E-state index contributed by atoms with van der Waals surface area (Å²) in [6.07, 6.45) is 10.5. The van der Waals surface area contributed by atoms with Crippen LogP contribution in [0.25, 0.3) is 0 Å². The van der Waals surface area contributed by atoms with Crippen molar-refractivity contribution in [3.8, 4) is 0 Å². The lowest BCUT2D eigenvalue weighted by Crippen LogP contribution is -2.50. The van der Waals surface area contributed by atoms with Crippen molar-refractivity contribution in [1.82, 2.24) is 4.90 Å². The number of ether oxygens (including phenoxy) is 4. The Bertz CT molecular complexity index is 926. The van der Waals surface area contributed by atoms with Crippen molar-refractivity contribution >= 4 is 17.8 Å². The fraction of sp³-hybridized carbons (Fsp3) is 0.458. The number of hydrogen-bond acceptors (Lipinski definition) is 7. The zero-order valence-electron chi connectivity index (χ0n) is 19.0. The smallest absolute Gasteiger partial charge is 0.327 e. The summed E-state index contributed by atoms with van der Waals surface area (Å²) >= 11 is 0. The van der Waals surface area contributed by atoms with Gasteiger partial charge in [-0.2, -0.15) is 0 Å². The van der Waals surface area contributed by atoms with E-state index in [1.165, 1.54) is 20.3 Å². The first-order chi connectivity index (χ1) is 15.3. The maximum absolute atomic E-state index is 13.8. The molecule has 0 spiro atoms.